The third-order valence-corrected chi connectivity index (χ3v) is 7.18. The Bertz CT molecular complexity index is 1040. The van der Waals surface area contributed by atoms with Gasteiger partial charge in [-0.3, -0.25) is 9.48 Å². The first kappa shape index (κ1) is 23.0. The first-order chi connectivity index (χ1) is 13.5. The Morgan fingerprint density at radius 1 is 1.27 bits per heavy atom. The molecule has 2 aliphatic rings. The number of aromatic nitrogens is 3. The molecule has 3 aromatic rings. The van der Waals surface area contributed by atoms with E-state index >= 15 is 0 Å². The maximum absolute atomic E-state index is 13.6. The van der Waals surface area contributed by atoms with Crippen LogP contribution in [0.1, 0.15) is 41.7 Å². The molecule has 2 unspecified atom stereocenters. The van der Waals surface area contributed by atoms with Gasteiger partial charge in [0.05, 0.1) is 27.2 Å². The Labute approximate surface area is 192 Å². The van der Waals surface area contributed by atoms with E-state index in [0.717, 1.165) is 40.1 Å². The molecule has 0 spiro atoms. The minimum atomic E-state index is 0. The molecule has 1 amide bonds. The van der Waals surface area contributed by atoms with Crippen molar-refractivity contribution in [2.24, 2.45) is 7.05 Å². The Kier molecular flexibility index (Phi) is 6.77. The van der Waals surface area contributed by atoms with Crippen LogP contribution in [0, 0.1) is 6.92 Å². The smallest absolute Gasteiger partial charge is 0.254 e. The van der Waals surface area contributed by atoms with Crippen molar-refractivity contribution in [2.75, 3.05) is 7.05 Å². The number of aryl methyl sites for hydroxylation is 2. The maximum Gasteiger partial charge on any atom is 0.254 e. The summed E-state index contributed by atoms with van der Waals surface area (Å²) >= 11 is 1.64. The molecule has 2 saturated heterocycles. The highest BCUT2D eigenvalue weighted by molar-refractivity contribution is 7.13. The molecule has 9 heteroatoms. The normalized spacial score (nSPS) is 22.4. The summed E-state index contributed by atoms with van der Waals surface area (Å²) in [4.78, 5) is 21.5. The molecule has 5 rings (SSSR count). The van der Waals surface area contributed by atoms with Crippen molar-refractivity contribution in [1.29, 1.82) is 0 Å². The molecule has 2 fully saturated rings. The van der Waals surface area contributed by atoms with E-state index in [1.54, 1.807) is 16.0 Å². The minimum absolute atomic E-state index is 0. The van der Waals surface area contributed by atoms with Crippen LogP contribution in [0.2, 0.25) is 0 Å². The summed E-state index contributed by atoms with van der Waals surface area (Å²) < 4.78 is 1.78. The number of pyridine rings is 1. The number of piperidine rings is 1. The number of nitrogens with one attached hydrogen (secondary N) is 1. The summed E-state index contributed by atoms with van der Waals surface area (Å²) in [6.45, 7) is 1.95. The van der Waals surface area contributed by atoms with E-state index in [1.807, 2.05) is 49.5 Å². The molecule has 2 bridgehead atoms. The number of hydrogen-bond acceptors (Lipinski definition) is 5. The number of halogens is 2. The quantitative estimate of drug-likeness (QED) is 0.626. The van der Waals surface area contributed by atoms with Crippen molar-refractivity contribution >= 4 is 53.1 Å². The van der Waals surface area contributed by atoms with Gasteiger partial charge in [0.15, 0.2) is 5.65 Å². The van der Waals surface area contributed by atoms with Crippen LogP contribution in [0.25, 0.3) is 21.6 Å². The summed E-state index contributed by atoms with van der Waals surface area (Å²) in [6, 6.07) is 7.41. The van der Waals surface area contributed by atoms with E-state index in [0.29, 0.717) is 17.6 Å². The largest absolute Gasteiger partial charge is 0.339 e. The van der Waals surface area contributed by atoms with Crippen molar-refractivity contribution in [3.05, 3.63) is 34.8 Å². The lowest BCUT2D eigenvalue weighted by Gasteiger charge is -2.35. The molecule has 2 aliphatic heterocycles. The molecule has 1 N–H and O–H groups in total. The number of hydrogen-bond donors (Lipinski definition) is 1. The van der Waals surface area contributed by atoms with Crippen LogP contribution < -0.4 is 5.32 Å². The van der Waals surface area contributed by atoms with E-state index in [4.69, 9.17) is 4.98 Å². The summed E-state index contributed by atoms with van der Waals surface area (Å²) in [5.41, 5.74) is 3.18. The van der Waals surface area contributed by atoms with Gasteiger partial charge in [0.1, 0.15) is 0 Å². The van der Waals surface area contributed by atoms with Crippen LogP contribution in [0.15, 0.2) is 23.6 Å². The molecule has 30 heavy (non-hydrogen) atoms. The number of rotatable bonds is 3. The first-order valence-corrected chi connectivity index (χ1v) is 10.8. The van der Waals surface area contributed by atoms with Gasteiger partial charge in [-0.25, -0.2) is 4.98 Å². The van der Waals surface area contributed by atoms with Crippen LogP contribution in [-0.2, 0) is 7.05 Å². The van der Waals surface area contributed by atoms with Crippen LogP contribution in [0.4, 0.5) is 0 Å². The van der Waals surface area contributed by atoms with Gasteiger partial charge in [-0.2, -0.15) is 5.10 Å². The SMILES string of the molecule is Cc1nn(C)c2nc(-c3cccs3)cc(C(=O)N(C)C3CC4CCC(C3)N4)c12.Cl.Cl. The molecule has 5 heterocycles. The summed E-state index contributed by atoms with van der Waals surface area (Å²) in [7, 11) is 3.85. The highest BCUT2D eigenvalue weighted by atomic mass is 35.5. The second kappa shape index (κ2) is 8.83. The topological polar surface area (TPSA) is 63.1 Å². The summed E-state index contributed by atoms with van der Waals surface area (Å²) in [6.07, 6.45) is 4.54. The zero-order valence-electron chi connectivity index (χ0n) is 17.3. The lowest BCUT2D eigenvalue weighted by Crippen LogP contribution is -2.48. The summed E-state index contributed by atoms with van der Waals surface area (Å²) in [5.74, 6) is 0.0765. The molecule has 0 aromatic carbocycles. The Hall–Kier alpha value is -1.67. The Morgan fingerprint density at radius 2 is 1.97 bits per heavy atom. The van der Waals surface area contributed by atoms with Gasteiger partial charge >= 0.3 is 0 Å². The number of thiophene rings is 1. The maximum atomic E-state index is 13.6. The Morgan fingerprint density at radius 3 is 2.60 bits per heavy atom. The fraction of sp³-hybridized carbons (Fsp3) is 0.476. The summed E-state index contributed by atoms with van der Waals surface area (Å²) in [5, 5.41) is 11.1. The molecule has 6 nitrogen and oxygen atoms in total. The molecular formula is C21H27Cl2N5OS. The van der Waals surface area contributed by atoms with Crippen LogP contribution in [0.3, 0.4) is 0 Å². The number of carbonyl (C=O) groups is 1. The average molecular weight is 468 g/mol. The van der Waals surface area contributed by atoms with E-state index in [2.05, 4.69) is 10.4 Å². The number of nitrogens with zero attached hydrogens (tertiary/aromatic N) is 4. The monoisotopic (exact) mass is 467 g/mol. The predicted molar refractivity (Wildman–Crippen MR) is 126 cm³/mol. The standard InChI is InChI=1S/C21H25N5OS.2ClH/c1-12-19-16(21(27)25(2)15-9-13-6-7-14(10-15)22-13)11-17(18-5-4-8-28-18)23-20(19)26(3)24-12;;/h4-5,8,11,13-15,22H,6-7,9-10H2,1-3H3;2*1H. The van der Waals surface area contributed by atoms with Crippen LogP contribution >= 0.6 is 36.2 Å². The van der Waals surface area contributed by atoms with E-state index in [9.17, 15) is 4.79 Å². The third kappa shape index (κ3) is 3.84. The van der Waals surface area contributed by atoms with Gasteiger partial charge in [0.2, 0.25) is 0 Å². The molecule has 3 aromatic heterocycles. The first-order valence-electron chi connectivity index (χ1n) is 9.92. The number of fused-ring (bicyclic) bond motifs is 3. The molecule has 0 aliphatic carbocycles. The lowest BCUT2D eigenvalue weighted by atomic mass is 9.97. The number of carbonyl (C=O) groups excluding carboxylic acids is 1. The fourth-order valence-electron chi connectivity index (χ4n) is 4.86. The van der Waals surface area contributed by atoms with Crippen molar-refractivity contribution in [2.45, 2.75) is 50.7 Å². The fourth-order valence-corrected chi connectivity index (χ4v) is 5.55. The van der Waals surface area contributed by atoms with Gasteiger partial charge < -0.3 is 10.2 Å². The van der Waals surface area contributed by atoms with Crippen LogP contribution in [0.5, 0.6) is 0 Å². The molecule has 162 valence electrons. The lowest BCUT2D eigenvalue weighted by molar-refractivity contribution is 0.0683. The second-order valence-electron chi connectivity index (χ2n) is 8.12. The van der Waals surface area contributed by atoms with E-state index in [1.165, 1.54) is 12.8 Å². The molecular weight excluding hydrogens is 441 g/mol. The zero-order valence-corrected chi connectivity index (χ0v) is 19.7. The van der Waals surface area contributed by atoms with Crippen LogP contribution in [-0.4, -0.2) is 50.7 Å². The van der Waals surface area contributed by atoms with Crippen molar-refractivity contribution in [3.8, 4) is 10.6 Å². The molecule has 2 atom stereocenters. The van der Waals surface area contributed by atoms with Gasteiger partial charge in [-0.15, -0.1) is 36.2 Å². The molecule has 0 radical (unpaired) electrons. The third-order valence-electron chi connectivity index (χ3n) is 6.29. The Balaban J connectivity index is 0.00000128. The second-order valence-corrected chi connectivity index (χ2v) is 9.07. The van der Waals surface area contributed by atoms with Crippen molar-refractivity contribution in [3.63, 3.8) is 0 Å². The average Bonchev–Trinajstić information content (AvgIpc) is 3.41. The zero-order chi connectivity index (χ0) is 19.4. The molecule has 0 saturated carbocycles. The van der Waals surface area contributed by atoms with E-state index < -0.39 is 0 Å². The van der Waals surface area contributed by atoms with Crippen molar-refractivity contribution in [1.82, 2.24) is 25.0 Å². The van der Waals surface area contributed by atoms with Gasteiger partial charge in [-0.05, 0) is 50.1 Å². The van der Waals surface area contributed by atoms with Gasteiger partial charge in [0.25, 0.3) is 5.91 Å². The minimum Gasteiger partial charge on any atom is -0.339 e. The highest BCUT2D eigenvalue weighted by Gasteiger charge is 2.37. The highest BCUT2D eigenvalue weighted by Crippen LogP contribution is 2.33. The van der Waals surface area contributed by atoms with Gasteiger partial charge in [0, 0.05) is 32.2 Å². The predicted octanol–water partition coefficient (Wildman–Crippen LogP) is 4.20. The van der Waals surface area contributed by atoms with Gasteiger partial charge in [-0.1, -0.05) is 6.07 Å². The van der Waals surface area contributed by atoms with E-state index in [-0.39, 0.29) is 36.8 Å². The van der Waals surface area contributed by atoms with Crippen molar-refractivity contribution < 1.29 is 4.79 Å². The number of amides is 1.